The number of hydrogen-bond acceptors (Lipinski definition) is 3. The molecule has 15 heavy (non-hydrogen) atoms. The van der Waals surface area contributed by atoms with E-state index >= 15 is 0 Å². The maximum absolute atomic E-state index is 10.5. The second-order valence-electron chi connectivity index (χ2n) is 2.98. The van der Waals surface area contributed by atoms with Crippen LogP contribution in [0.2, 0.25) is 0 Å². The molecule has 0 atom stereocenters. The van der Waals surface area contributed by atoms with E-state index in [4.69, 9.17) is 10.2 Å². The summed E-state index contributed by atoms with van der Waals surface area (Å²) in [5.74, 6) is -1.88. The van der Waals surface area contributed by atoms with Crippen LogP contribution in [-0.4, -0.2) is 27.3 Å². The molecule has 0 aliphatic carbocycles. The smallest absolute Gasteiger partial charge is 0.337 e. The molecule has 6 nitrogen and oxygen atoms in total. The van der Waals surface area contributed by atoms with Crippen LogP contribution in [0.25, 0.3) is 0 Å². The minimum absolute atomic E-state index is 0.0787. The van der Waals surface area contributed by atoms with Crippen molar-refractivity contribution in [1.29, 1.82) is 0 Å². The first-order valence-electron chi connectivity index (χ1n) is 4.40. The van der Waals surface area contributed by atoms with Crippen LogP contribution in [0, 0.1) is 0 Å². The lowest BCUT2D eigenvalue weighted by Gasteiger charge is -1.93. The predicted octanol–water partition coefficient (Wildman–Crippen LogP) is -0.0679. The predicted molar refractivity (Wildman–Crippen MR) is 48.3 cm³/mol. The minimum atomic E-state index is -1.03. The van der Waals surface area contributed by atoms with Crippen molar-refractivity contribution in [1.82, 2.24) is 5.10 Å². The summed E-state index contributed by atoms with van der Waals surface area (Å²) < 4.78 is 1.51. The van der Waals surface area contributed by atoms with Gasteiger partial charge in [0.2, 0.25) is 0 Å². The van der Waals surface area contributed by atoms with Gasteiger partial charge < -0.3 is 10.2 Å². The summed E-state index contributed by atoms with van der Waals surface area (Å²) in [6.07, 6.45) is 3.31. The van der Waals surface area contributed by atoms with Crippen molar-refractivity contribution >= 4 is 11.9 Å². The Morgan fingerprint density at radius 3 is 2.60 bits per heavy atom. The summed E-state index contributed by atoms with van der Waals surface area (Å²) in [6, 6.07) is 1.43. The standard InChI is InChI=1S/C9H10N2O4/c12-8(13)2-1-4-11-5-3-7(6-10-11)9(14)15/h3,5-6H,1-2,4H2,(H-,12,13,14,15)/p+1. The Labute approximate surface area is 85.8 Å². The third kappa shape index (κ3) is 3.72. The summed E-state index contributed by atoms with van der Waals surface area (Å²) in [7, 11) is 0. The van der Waals surface area contributed by atoms with Crippen LogP contribution in [0.1, 0.15) is 23.2 Å². The lowest BCUT2D eigenvalue weighted by Crippen LogP contribution is -2.37. The van der Waals surface area contributed by atoms with Crippen molar-refractivity contribution in [2.75, 3.05) is 0 Å². The molecule has 0 spiro atoms. The zero-order valence-corrected chi connectivity index (χ0v) is 7.96. The molecule has 0 fully saturated rings. The van der Waals surface area contributed by atoms with Gasteiger partial charge >= 0.3 is 11.9 Å². The average Bonchev–Trinajstić information content (AvgIpc) is 2.18. The van der Waals surface area contributed by atoms with Gasteiger partial charge in [-0.3, -0.25) is 4.79 Å². The maximum atomic E-state index is 10.5. The number of hydrogen-bond donors (Lipinski definition) is 2. The molecule has 0 aliphatic rings. The first kappa shape index (κ1) is 11.1. The van der Waals surface area contributed by atoms with Crippen molar-refractivity contribution in [2.24, 2.45) is 0 Å². The van der Waals surface area contributed by atoms with Gasteiger partial charge in [-0.2, -0.15) is 0 Å². The first-order valence-corrected chi connectivity index (χ1v) is 4.40. The number of rotatable bonds is 5. The number of carboxylic acid groups (broad SMARTS) is 2. The Balaban J connectivity index is 2.50. The van der Waals surface area contributed by atoms with E-state index in [0.717, 1.165) is 0 Å². The fourth-order valence-electron chi connectivity index (χ4n) is 1.04. The fraction of sp³-hybridized carbons (Fsp3) is 0.333. The van der Waals surface area contributed by atoms with Crippen molar-refractivity contribution in [3.8, 4) is 0 Å². The van der Waals surface area contributed by atoms with Gasteiger partial charge in [0, 0.05) is 12.5 Å². The molecule has 6 heteroatoms. The van der Waals surface area contributed by atoms with Crippen molar-refractivity contribution in [3.05, 3.63) is 24.0 Å². The zero-order chi connectivity index (χ0) is 11.3. The number of aliphatic carboxylic acids is 1. The number of nitrogens with zero attached hydrogens (tertiary/aromatic N) is 2. The van der Waals surface area contributed by atoms with Gasteiger partial charge in [-0.1, -0.05) is 4.68 Å². The normalized spacial score (nSPS) is 9.87. The van der Waals surface area contributed by atoms with Crippen LogP contribution in [0.5, 0.6) is 0 Å². The van der Waals surface area contributed by atoms with Gasteiger partial charge in [-0.05, 0) is 5.10 Å². The number of aryl methyl sites for hydroxylation is 1. The molecule has 0 saturated heterocycles. The Morgan fingerprint density at radius 2 is 2.13 bits per heavy atom. The number of carbonyl (C=O) groups is 2. The molecule has 0 bridgehead atoms. The highest BCUT2D eigenvalue weighted by Gasteiger charge is 2.08. The molecule has 2 N–H and O–H groups in total. The quantitative estimate of drug-likeness (QED) is 0.665. The molecule has 1 aromatic rings. The van der Waals surface area contributed by atoms with Crippen LogP contribution in [0.3, 0.4) is 0 Å². The summed E-state index contributed by atoms with van der Waals surface area (Å²) in [5, 5.41) is 20.8. The third-order valence-electron chi connectivity index (χ3n) is 1.80. The second kappa shape index (κ2) is 5.04. The third-order valence-corrected chi connectivity index (χ3v) is 1.80. The highest BCUT2D eigenvalue weighted by Crippen LogP contribution is 1.93. The molecule has 0 amide bonds. The van der Waals surface area contributed by atoms with Gasteiger partial charge in [0.1, 0.15) is 6.20 Å². The van der Waals surface area contributed by atoms with Gasteiger partial charge in [0.15, 0.2) is 12.7 Å². The highest BCUT2D eigenvalue weighted by molar-refractivity contribution is 5.86. The van der Waals surface area contributed by atoms with E-state index in [2.05, 4.69) is 5.10 Å². The summed E-state index contributed by atoms with van der Waals surface area (Å²) in [5.41, 5.74) is 0.115. The average molecular weight is 211 g/mol. The molecule has 1 aromatic heterocycles. The molecule has 1 rings (SSSR count). The number of aromatic nitrogens is 2. The van der Waals surface area contributed by atoms with Crippen LogP contribution in [0.15, 0.2) is 18.5 Å². The zero-order valence-electron chi connectivity index (χ0n) is 7.96. The minimum Gasteiger partial charge on any atom is -0.481 e. The van der Waals surface area contributed by atoms with Crippen LogP contribution < -0.4 is 4.68 Å². The highest BCUT2D eigenvalue weighted by atomic mass is 16.4. The monoisotopic (exact) mass is 211 g/mol. The topological polar surface area (TPSA) is 91.4 Å². The van der Waals surface area contributed by atoms with Gasteiger partial charge in [-0.15, -0.1) is 0 Å². The summed E-state index contributed by atoms with van der Waals surface area (Å²) in [6.45, 7) is 0.464. The van der Waals surface area contributed by atoms with Gasteiger partial charge in [-0.25, -0.2) is 4.79 Å². The lowest BCUT2D eigenvalue weighted by atomic mass is 10.3. The largest absolute Gasteiger partial charge is 0.481 e. The Kier molecular flexibility index (Phi) is 3.73. The Hall–Kier alpha value is -1.98. The molecule has 80 valence electrons. The molecular weight excluding hydrogens is 200 g/mol. The van der Waals surface area contributed by atoms with Crippen LogP contribution in [-0.2, 0) is 11.3 Å². The molecule has 0 aromatic carbocycles. The van der Waals surface area contributed by atoms with Crippen LogP contribution >= 0.6 is 0 Å². The molecule has 0 saturated carbocycles. The maximum Gasteiger partial charge on any atom is 0.337 e. The van der Waals surface area contributed by atoms with Crippen molar-refractivity contribution < 1.29 is 24.5 Å². The van der Waals surface area contributed by atoms with Crippen LogP contribution in [0.4, 0.5) is 0 Å². The molecule has 1 heterocycles. The van der Waals surface area contributed by atoms with E-state index in [1.807, 2.05) is 0 Å². The van der Waals surface area contributed by atoms with Crippen molar-refractivity contribution in [2.45, 2.75) is 19.4 Å². The Bertz CT molecular complexity index is 361. The van der Waals surface area contributed by atoms with E-state index in [9.17, 15) is 9.59 Å². The van der Waals surface area contributed by atoms with Crippen molar-refractivity contribution in [3.63, 3.8) is 0 Å². The molecular formula is C9H11N2O4+. The van der Waals surface area contributed by atoms with E-state index in [1.54, 1.807) is 0 Å². The van der Waals surface area contributed by atoms with E-state index in [1.165, 1.54) is 23.1 Å². The fourth-order valence-corrected chi connectivity index (χ4v) is 1.04. The SMILES string of the molecule is O=C(O)CCC[n+]1ccc(C(=O)O)cn1. The Morgan fingerprint density at radius 1 is 1.40 bits per heavy atom. The molecule has 0 radical (unpaired) electrons. The van der Waals surface area contributed by atoms with E-state index in [0.29, 0.717) is 13.0 Å². The second-order valence-corrected chi connectivity index (χ2v) is 2.98. The number of aromatic carboxylic acids is 1. The van der Waals surface area contributed by atoms with Gasteiger partial charge in [0.05, 0.1) is 12.0 Å². The summed E-state index contributed by atoms with van der Waals surface area (Å²) >= 11 is 0. The lowest BCUT2D eigenvalue weighted by molar-refractivity contribution is -0.754. The first-order chi connectivity index (χ1) is 7.09. The number of carboxylic acids is 2. The molecule has 0 unspecified atom stereocenters. The van der Waals surface area contributed by atoms with E-state index < -0.39 is 11.9 Å². The van der Waals surface area contributed by atoms with Gasteiger partial charge in [0.25, 0.3) is 0 Å². The van der Waals surface area contributed by atoms with E-state index in [-0.39, 0.29) is 12.0 Å². The molecule has 0 aliphatic heterocycles. The summed E-state index contributed by atoms with van der Waals surface area (Å²) in [4.78, 5) is 20.7.